The molecule has 0 spiro atoms. The summed E-state index contributed by atoms with van der Waals surface area (Å²) in [6, 6.07) is 4.99. The van der Waals surface area contributed by atoms with Crippen LogP contribution >= 0.6 is 0 Å². The number of pyridine rings is 1. The molecule has 1 aromatic carbocycles. The smallest absolute Gasteiger partial charge is 0.266 e. The van der Waals surface area contributed by atoms with E-state index < -0.39 is 39.1 Å². The predicted molar refractivity (Wildman–Crippen MR) is 123 cm³/mol. The second-order valence-electron chi connectivity index (χ2n) is 8.76. The highest BCUT2D eigenvalue weighted by atomic mass is 32.2. The van der Waals surface area contributed by atoms with E-state index in [1.165, 1.54) is 25.6 Å². The highest BCUT2D eigenvalue weighted by Gasteiger charge is 2.37. The van der Waals surface area contributed by atoms with Crippen LogP contribution in [0.25, 0.3) is 10.9 Å². The summed E-state index contributed by atoms with van der Waals surface area (Å²) in [6.07, 6.45) is -0.794. The number of nitrogens with one attached hydrogen (secondary N) is 1. The number of halogens is 3. The van der Waals surface area contributed by atoms with Gasteiger partial charge in [-0.1, -0.05) is 25.1 Å². The Morgan fingerprint density at radius 3 is 2.47 bits per heavy atom. The molecule has 7 nitrogen and oxygen atoms in total. The normalized spacial score (nSPS) is 18.1. The van der Waals surface area contributed by atoms with Crippen molar-refractivity contribution in [3.05, 3.63) is 53.2 Å². The molecule has 1 aliphatic rings. The molecule has 1 fully saturated rings. The summed E-state index contributed by atoms with van der Waals surface area (Å²) in [5.41, 5.74) is -0.0151. The quantitative estimate of drug-likeness (QED) is 0.529. The maximum atomic E-state index is 14.7. The number of hydrogen-bond acceptors (Lipinski definition) is 7. The minimum absolute atomic E-state index is 0.0682. The van der Waals surface area contributed by atoms with Crippen molar-refractivity contribution in [3.63, 3.8) is 0 Å². The second kappa shape index (κ2) is 9.01. The average Bonchev–Trinajstić information content (AvgIpc) is 2.80. The van der Waals surface area contributed by atoms with Crippen LogP contribution in [0.15, 0.2) is 30.6 Å². The molecular formula is C23H25F3N4O3S. The van der Waals surface area contributed by atoms with Crippen LogP contribution in [0.5, 0.6) is 5.88 Å². The number of alkyl halides is 2. The summed E-state index contributed by atoms with van der Waals surface area (Å²) in [5, 5.41) is 3.65. The molecule has 0 amide bonds. The lowest BCUT2D eigenvalue weighted by Crippen LogP contribution is -2.35. The molecule has 4 rings (SSSR count). The number of aromatic nitrogens is 3. The van der Waals surface area contributed by atoms with E-state index in [-0.39, 0.29) is 22.9 Å². The number of fused-ring (bicyclic) bond motifs is 1. The lowest BCUT2D eigenvalue weighted by Gasteiger charge is -2.33. The fourth-order valence-corrected chi connectivity index (χ4v) is 5.93. The number of benzene rings is 1. The lowest BCUT2D eigenvalue weighted by molar-refractivity contribution is 0.146. The molecule has 1 atom stereocenters. The molecule has 3 heterocycles. The molecule has 2 aromatic heterocycles. The molecule has 11 heteroatoms. The monoisotopic (exact) mass is 494 g/mol. The van der Waals surface area contributed by atoms with Gasteiger partial charge in [-0.3, -0.25) is 0 Å². The Bertz CT molecular complexity index is 1320. The molecule has 182 valence electrons. The fourth-order valence-electron chi connectivity index (χ4n) is 4.20. The Balaban J connectivity index is 1.76. The van der Waals surface area contributed by atoms with Gasteiger partial charge in [0, 0.05) is 11.0 Å². The number of hydrogen-bond donors (Lipinski definition) is 1. The molecule has 34 heavy (non-hydrogen) atoms. The van der Waals surface area contributed by atoms with E-state index in [0.717, 1.165) is 6.07 Å². The Labute approximate surface area is 195 Å². The third kappa shape index (κ3) is 4.53. The van der Waals surface area contributed by atoms with Crippen molar-refractivity contribution >= 4 is 26.6 Å². The first-order valence-corrected chi connectivity index (χ1v) is 12.6. The molecule has 0 aliphatic carbocycles. The number of anilines is 1. The van der Waals surface area contributed by atoms with Crippen molar-refractivity contribution in [1.82, 2.24) is 15.0 Å². The molecule has 1 N–H and O–H groups in total. The summed E-state index contributed by atoms with van der Waals surface area (Å²) >= 11 is 0. The van der Waals surface area contributed by atoms with Gasteiger partial charge in [0.05, 0.1) is 41.3 Å². The van der Waals surface area contributed by atoms with E-state index in [1.807, 2.05) is 6.92 Å². The molecule has 3 aromatic rings. The maximum Gasteiger partial charge on any atom is 0.266 e. The topological polar surface area (TPSA) is 94.1 Å². The van der Waals surface area contributed by atoms with Crippen LogP contribution in [0.1, 0.15) is 56.0 Å². The van der Waals surface area contributed by atoms with Gasteiger partial charge < -0.3 is 10.1 Å². The number of sulfone groups is 1. The summed E-state index contributed by atoms with van der Waals surface area (Å²) in [6.45, 7) is 3.61. The maximum absolute atomic E-state index is 14.7. The highest BCUT2D eigenvalue weighted by molar-refractivity contribution is 7.91. The minimum atomic E-state index is -3.07. The summed E-state index contributed by atoms with van der Waals surface area (Å²) in [7, 11) is -1.61. The van der Waals surface area contributed by atoms with Crippen LogP contribution in [0.2, 0.25) is 0 Å². The number of nitrogens with zero attached hydrogens (tertiary/aromatic N) is 3. The van der Waals surface area contributed by atoms with E-state index in [1.54, 1.807) is 13.0 Å². The van der Waals surface area contributed by atoms with Crippen LogP contribution in [0, 0.1) is 5.82 Å². The average molecular weight is 495 g/mol. The Kier molecular flexibility index (Phi) is 6.41. The van der Waals surface area contributed by atoms with Crippen molar-refractivity contribution in [2.45, 2.75) is 44.6 Å². The zero-order valence-corrected chi connectivity index (χ0v) is 19.8. The third-order valence-electron chi connectivity index (χ3n) is 6.44. The van der Waals surface area contributed by atoms with E-state index >= 15 is 0 Å². The molecular weight excluding hydrogens is 469 g/mol. The predicted octanol–water partition coefficient (Wildman–Crippen LogP) is 4.75. The number of ether oxygens (including phenoxy) is 1. The summed E-state index contributed by atoms with van der Waals surface area (Å²) in [5.74, 6) is -0.219. The van der Waals surface area contributed by atoms with Crippen molar-refractivity contribution < 1.29 is 26.3 Å². The zero-order valence-electron chi connectivity index (χ0n) is 19.0. The standard InChI is InChI=1S/C23H25F3N4O3S/c1-13(14-5-4-6-15(18(14)24)20(25)26)29-21-16-11-17(23(2)7-9-34(31,32)10-8-23)30-22(33-3)19(16)27-12-28-21/h4-6,11-13,20H,7-10H2,1-3H3,(H,27,28,29). The van der Waals surface area contributed by atoms with Gasteiger partial charge in [0.1, 0.15) is 33.3 Å². The Morgan fingerprint density at radius 1 is 1.15 bits per heavy atom. The zero-order chi connectivity index (χ0) is 24.7. The van der Waals surface area contributed by atoms with Gasteiger partial charge in [0.2, 0.25) is 5.88 Å². The van der Waals surface area contributed by atoms with Crippen molar-refractivity contribution in [1.29, 1.82) is 0 Å². The van der Waals surface area contributed by atoms with E-state index in [2.05, 4.69) is 20.3 Å². The largest absolute Gasteiger partial charge is 0.479 e. The first-order valence-electron chi connectivity index (χ1n) is 10.8. The molecule has 1 aliphatic heterocycles. The summed E-state index contributed by atoms with van der Waals surface area (Å²) < 4.78 is 70.4. The van der Waals surface area contributed by atoms with Crippen molar-refractivity contribution in [3.8, 4) is 5.88 Å². The summed E-state index contributed by atoms with van der Waals surface area (Å²) in [4.78, 5) is 13.2. The van der Waals surface area contributed by atoms with Gasteiger partial charge >= 0.3 is 0 Å². The minimum Gasteiger partial charge on any atom is -0.479 e. The molecule has 0 saturated carbocycles. The van der Waals surface area contributed by atoms with Gasteiger partial charge in [-0.2, -0.15) is 0 Å². The van der Waals surface area contributed by atoms with Gasteiger partial charge in [-0.25, -0.2) is 36.5 Å². The molecule has 0 radical (unpaired) electrons. The van der Waals surface area contributed by atoms with Crippen LogP contribution in [0.4, 0.5) is 19.0 Å². The first-order chi connectivity index (χ1) is 16.0. The van der Waals surface area contributed by atoms with E-state index in [4.69, 9.17) is 4.74 Å². The van der Waals surface area contributed by atoms with Crippen molar-refractivity contribution in [2.24, 2.45) is 0 Å². The molecule has 0 bridgehead atoms. The molecule has 1 saturated heterocycles. The van der Waals surface area contributed by atoms with Gasteiger partial charge in [-0.05, 0) is 25.8 Å². The number of rotatable bonds is 6. The van der Waals surface area contributed by atoms with Crippen LogP contribution < -0.4 is 10.1 Å². The van der Waals surface area contributed by atoms with Gasteiger partial charge in [-0.15, -0.1) is 0 Å². The number of methoxy groups -OCH3 is 1. The van der Waals surface area contributed by atoms with E-state index in [9.17, 15) is 21.6 Å². The van der Waals surface area contributed by atoms with Crippen LogP contribution in [0.3, 0.4) is 0 Å². The van der Waals surface area contributed by atoms with E-state index in [0.29, 0.717) is 35.3 Å². The Morgan fingerprint density at radius 2 is 1.82 bits per heavy atom. The highest BCUT2D eigenvalue weighted by Crippen LogP contribution is 2.39. The fraction of sp³-hybridized carbons (Fsp3) is 0.435. The van der Waals surface area contributed by atoms with Crippen LogP contribution in [-0.2, 0) is 15.3 Å². The second-order valence-corrected chi connectivity index (χ2v) is 11.1. The van der Waals surface area contributed by atoms with Gasteiger partial charge in [0.15, 0.2) is 0 Å². The van der Waals surface area contributed by atoms with Crippen LogP contribution in [-0.4, -0.2) is 42.0 Å². The third-order valence-corrected chi connectivity index (χ3v) is 8.10. The first kappa shape index (κ1) is 24.2. The Hall–Kier alpha value is -2.95. The lowest BCUT2D eigenvalue weighted by atomic mass is 9.80. The van der Waals surface area contributed by atoms with Gasteiger partial charge in [0.25, 0.3) is 6.43 Å². The molecule has 1 unspecified atom stereocenters. The SMILES string of the molecule is COc1nc(C2(C)CCS(=O)(=O)CC2)cc2c(NC(C)c3cccc(C(F)F)c3F)ncnc12. The van der Waals surface area contributed by atoms with Crippen molar-refractivity contribution in [2.75, 3.05) is 23.9 Å².